The Hall–Kier alpha value is -2.09. The number of morpholine rings is 1. The minimum Gasteiger partial charge on any atom is -0.497 e. The minimum absolute atomic E-state index is 0. The summed E-state index contributed by atoms with van der Waals surface area (Å²) in [6, 6.07) is 14.6. The van der Waals surface area contributed by atoms with Crippen molar-refractivity contribution in [1.29, 1.82) is 0 Å². The SMILES string of the molecule is Br.COc1cccc(-c2csc(=Nc3cc(C)ccc3C)n2N2CCOCC2)c1. The zero-order valence-electron chi connectivity index (χ0n) is 16.9. The Morgan fingerprint density at radius 3 is 2.62 bits per heavy atom. The molecule has 0 saturated carbocycles. The molecule has 0 radical (unpaired) electrons. The van der Waals surface area contributed by atoms with E-state index in [1.54, 1.807) is 18.4 Å². The number of aromatic nitrogens is 1. The molecule has 154 valence electrons. The highest BCUT2D eigenvalue weighted by Gasteiger charge is 2.18. The van der Waals surface area contributed by atoms with E-state index in [4.69, 9.17) is 14.5 Å². The van der Waals surface area contributed by atoms with Crippen molar-refractivity contribution in [2.45, 2.75) is 13.8 Å². The number of halogens is 1. The molecule has 1 aliphatic rings. The number of methoxy groups -OCH3 is 1. The zero-order chi connectivity index (χ0) is 19.5. The summed E-state index contributed by atoms with van der Waals surface area (Å²) in [4.78, 5) is 6.00. The molecule has 1 aromatic heterocycles. The van der Waals surface area contributed by atoms with Crippen molar-refractivity contribution in [2.75, 3.05) is 38.4 Å². The van der Waals surface area contributed by atoms with E-state index in [1.807, 2.05) is 12.1 Å². The van der Waals surface area contributed by atoms with Crippen molar-refractivity contribution >= 4 is 34.0 Å². The van der Waals surface area contributed by atoms with Gasteiger partial charge in [0.25, 0.3) is 0 Å². The fourth-order valence-corrected chi connectivity index (χ4v) is 4.25. The van der Waals surface area contributed by atoms with Gasteiger partial charge in [-0.15, -0.1) is 28.3 Å². The zero-order valence-corrected chi connectivity index (χ0v) is 19.5. The fourth-order valence-electron chi connectivity index (χ4n) is 3.33. The van der Waals surface area contributed by atoms with Gasteiger partial charge in [0.1, 0.15) is 5.75 Å². The molecule has 0 atom stereocenters. The Morgan fingerprint density at radius 2 is 1.86 bits per heavy atom. The maximum atomic E-state index is 5.57. The Bertz CT molecular complexity index is 1040. The molecule has 0 bridgehead atoms. The third-order valence-electron chi connectivity index (χ3n) is 4.90. The number of aryl methyl sites for hydroxylation is 2. The van der Waals surface area contributed by atoms with Crippen LogP contribution in [-0.2, 0) is 4.74 Å². The summed E-state index contributed by atoms with van der Waals surface area (Å²) >= 11 is 1.66. The second-order valence-corrected chi connectivity index (χ2v) is 7.75. The molecule has 1 aliphatic heterocycles. The molecule has 3 aromatic rings. The van der Waals surface area contributed by atoms with Crippen molar-refractivity contribution in [3.8, 4) is 17.0 Å². The Balaban J connectivity index is 0.00000240. The summed E-state index contributed by atoms with van der Waals surface area (Å²) in [6.45, 7) is 7.34. The van der Waals surface area contributed by atoms with Crippen LogP contribution in [0.3, 0.4) is 0 Å². The second-order valence-electron chi connectivity index (χ2n) is 6.92. The van der Waals surface area contributed by atoms with Crippen molar-refractivity contribution in [3.05, 3.63) is 63.8 Å². The highest BCUT2D eigenvalue weighted by atomic mass is 79.9. The van der Waals surface area contributed by atoms with Crippen LogP contribution in [0.5, 0.6) is 5.75 Å². The first-order valence-corrected chi connectivity index (χ1v) is 10.3. The van der Waals surface area contributed by atoms with E-state index in [1.165, 1.54) is 11.1 Å². The van der Waals surface area contributed by atoms with Gasteiger partial charge in [0.05, 0.1) is 44.8 Å². The first kappa shape index (κ1) is 21.6. The van der Waals surface area contributed by atoms with E-state index in [0.717, 1.165) is 53.8 Å². The molecule has 7 heteroatoms. The molecule has 0 N–H and O–H groups in total. The van der Waals surface area contributed by atoms with Gasteiger partial charge in [0.15, 0.2) is 0 Å². The minimum atomic E-state index is 0. The van der Waals surface area contributed by atoms with Crippen LogP contribution in [0.25, 0.3) is 11.3 Å². The van der Waals surface area contributed by atoms with Crippen LogP contribution in [0.4, 0.5) is 5.69 Å². The van der Waals surface area contributed by atoms with E-state index >= 15 is 0 Å². The summed E-state index contributed by atoms with van der Waals surface area (Å²) in [5, 5.41) is 4.49. The number of rotatable bonds is 4. The summed E-state index contributed by atoms with van der Waals surface area (Å²) in [6.07, 6.45) is 0. The van der Waals surface area contributed by atoms with Gasteiger partial charge in [0.2, 0.25) is 4.80 Å². The molecule has 2 heterocycles. The molecule has 0 unspecified atom stereocenters. The van der Waals surface area contributed by atoms with Crippen molar-refractivity contribution in [2.24, 2.45) is 4.99 Å². The van der Waals surface area contributed by atoms with Gasteiger partial charge in [-0.3, -0.25) is 0 Å². The molecular formula is C22H26BrN3O2S. The molecule has 0 aliphatic carbocycles. The van der Waals surface area contributed by atoms with Gasteiger partial charge >= 0.3 is 0 Å². The summed E-state index contributed by atoms with van der Waals surface area (Å²) in [5.74, 6) is 0.852. The maximum Gasteiger partial charge on any atom is 0.209 e. The summed E-state index contributed by atoms with van der Waals surface area (Å²) in [5.41, 5.74) is 5.64. The highest BCUT2D eigenvalue weighted by molar-refractivity contribution is 8.93. The van der Waals surface area contributed by atoms with Gasteiger partial charge in [-0.1, -0.05) is 24.3 Å². The van der Waals surface area contributed by atoms with Crippen LogP contribution in [0.1, 0.15) is 11.1 Å². The quantitative estimate of drug-likeness (QED) is 0.552. The van der Waals surface area contributed by atoms with Crippen molar-refractivity contribution in [3.63, 3.8) is 0 Å². The van der Waals surface area contributed by atoms with Crippen LogP contribution >= 0.6 is 28.3 Å². The van der Waals surface area contributed by atoms with Gasteiger partial charge in [-0.2, -0.15) is 0 Å². The van der Waals surface area contributed by atoms with E-state index in [2.05, 4.69) is 59.2 Å². The Morgan fingerprint density at radius 1 is 1.07 bits per heavy atom. The van der Waals surface area contributed by atoms with E-state index in [0.29, 0.717) is 0 Å². The van der Waals surface area contributed by atoms with E-state index in [-0.39, 0.29) is 17.0 Å². The molecule has 0 spiro atoms. The molecule has 4 rings (SSSR count). The van der Waals surface area contributed by atoms with E-state index < -0.39 is 0 Å². The number of thiazole rings is 1. The molecule has 1 saturated heterocycles. The number of nitrogens with zero attached hydrogens (tertiary/aromatic N) is 3. The number of hydrogen-bond donors (Lipinski definition) is 0. The van der Waals surface area contributed by atoms with Crippen LogP contribution in [0.15, 0.2) is 52.8 Å². The monoisotopic (exact) mass is 475 g/mol. The molecule has 2 aromatic carbocycles. The lowest BCUT2D eigenvalue weighted by molar-refractivity contribution is 0.111. The first-order chi connectivity index (χ1) is 13.7. The number of hydrogen-bond acceptors (Lipinski definition) is 5. The average molecular weight is 476 g/mol. The maximum absolute atomic E-state index is 5.57. The van der Waals surface area contributed by atoms with Crippen LogP contribution in [0, 0.1) is 13.8 Å². The van der Waals surface area contributed by atoms with E-state index in [9.17, 15) is 0 Å². The summed E-state index contributed by atoms with van der Waals surface area (Å²) in [7, 11) is 1.70. The van der Waals surface area contributed by atoms with Crippen LogP contribution in [-0.4, -0.2) is 38.1 Å². The predicted octanol–water partition coefficient (Wildman–Crippen LogP) is 4.62. The van der Waals surface area contributed by atoms with Crippen molar-refractivity contribution in [1.82, 2.24) is 4.68 Å². The van der Waals surface area contributed by atoms with Gasteiger partial charge < -0.3 is 14.5 Å². The third kappa shape index (κ3) is 4.74. The lowest BCUT2D eigenvalue weighted by Gasteiger charge is -2.31. The summed E-state index contributed by atoms with van der Waals surface area (Å²) < 4.78 is 13.2. The van der Waals surface area contributed by atoms with Gasteiger partial charge in [-0.25, -0.2) is 9.67 Å². The lowest BCUT2D eigenvalue weighted by atomic mass is 10.1. The van der Waals surface area contributed by atoms with Crippen molar-refractivity contribution < 1.29 is 9.47 Å². The topological polar surface area (TPSA) is 39.0 Å². The fraction of sp³-hybridized carbons (Fsp3) is 0.318. The highest BCUT2D eigenvalue weighted by Crippen LogP contribution is 2.26. The standard InChI is InChI=1S/C22H25N3O2S.BrH/c1-16-7-8-17(2)20(13-16)23-22-25(24-9-11-27-12-10-24)21(15-28-22)18-5-4-6-19(14-18)26-3;/h4-8,13-15H,9-12H2,1-3H3;1H. The smallest absolute Gasteiger partial charge is 0.209 e. The van der Waals surface area contributed by atoms with Crippen LogP contribution in [0.2, 0.25) is 0 Å². The molecule has 5 nitrogen and oxygen atoms in total. The predicted molar refractivity (Wildman–Crippen MR) is 125 cm³/mol. The molecular weight excluding hydrogens is 450 g/mol. The largest absolute Gasteiger partial charge is 0.497 e. The first-order valence-electron chi connectivity index (χ1n) is 9.45. The average Bonchev–Trinajstić information content (AvgIpc) is 3.15. The molecule has 29 heavy (non-hydrogen) atoms. The lowest BCUT2D eigenvalue weighted by Crippen LogP contribution is -2.48. The Kier molecular flexibility index (Phi) is 7.16. The second kappa shape index (κ2) is 9.61. The van der Waals surface area contributed by atoms with Gasteiger partial charge in [0, 0.05) is 10.9 Å². The van der Waals surface area contributed by atoms with Gasteiger partial charge in [-0.05, 0) is 43.2 Å². The normalized spacial score (nSPS) is 14.6. The molecule has 0 amide bonds. The molecule has 1 fully saturated rings. The Labute approximate surface area is 186 Å². The number of benzene rings is 2. The third-order valence-corrected chi connectivity index (χ3v) is 5.72. The number of ether oxygens (including phenoxy) is 2. The van der Waals surface area contributed by atoms with Crippen LogP contribution < -0.4 is 14.5 Å².